The predicted octanol–water partition coefficient (Wildman–Crippen LogP) is 1.94. The fourth-order valence-electron chi connectivity index (χ4n) is 2.11. The molecule has 0 aliphatic carbocycles. The number of hydrogen-bond donors (Lipinski definition) is 3. The maximum atomic E-state index is 11.9. The molecule has 5 nitrogen and oxygen atoms in total. The van der Waals surface area contributed by atoms with E-state index in [1.54, 1.807) is 6.07 Å². The molecule has 0 spiro atoms. The van der Waals surface area contributed by atoms with Gasteiger partial charge in [0.25, 0.3) is 5.91 Å². The molecule has 92 valence electrons. The van der Waals surface area contributed by atoms with Gasteiger partial charge in [-0.3, -0.25) is 9.89 Å². The second-order valence-electron chi connectivity index (χ2n) is 4.44. The van der Waals surface area contributed by atoms with E-state index in [1.165, 1.54) is 5.56 Å². The van der Waals surface area contributed by atoms with Crippen molar-refractivity contribution in [1.29, 1.82) is 0 Å². The van der Waals surface area contributed by atoms with Crippen LogP contribution in [0.1, 0.15) is 21.7 Å². The summed E-state index contributed by atoms with van der Waals surface area (Å²) in [5, 5.41) is 12.8. The molecule has 0 saturated carbocycles. The van der Waals surface area contributed by atoms with E-state index in [2.05, 4.69) is 20.8 Å². The van der Waals surface area contributed by atoms with Gasteiger partial charge in [-0.2, -0.15) is 5.10 Å². The molecule has 1 aliphatic heterocycles. The van der Waals surface area contributed by atoms with E-state index in [4.69, 9.17) is 0 Å². The summed E-state index contributed by atoms with van der Waals surface area (Å²) in [4.78, 5) is 11.9. The Morgan fingerprint density at radius 1 is 1.39 bits per heavy atom. The average molecular weight is 242 g/mol. The van der Waals surface area contributed by atoms with E-state index in [0.29, 0.717) is 5.69 Å². The number of anilines is 2. The Labute approximate surface area is 105 Å². The quantitative estimate of drug-likeness (QED) is 0.753. The van der Waals surface area contributed by atoms with Crippen molar-refractivity contribution >= 4 is 17.3 Å². The third-order valence-corrected chi connectivity index (χ3v) is 3.01. The molecular formula is C13H14N4O. The minimum absolute atomic E-state index is 0.190. The fraction of sp³-hybridized carbons (Fsp3) is 0.231. The molecule has 0 fully saturated rings. The number of hydrogen-bond acceptors (Lipinski definition) is 3. The molecule has 0 unspecified atom stereocenters. The van der Waals surface area contributed by atoms with E-state index < -0.39 is 0 Å². The first-order chi connectivity index (χ1) is 8.72. The zero-order chi connectivity index (χ0) is 12.5. The number of carbonyl (C=O) groups is 1. The van der Waals surface area contributed by atoms with Crippen LogP contribution in [0.25, 0.3) is 0 Å². The molecule has 1 aromatic heterocycles. The Balaban J connectivity index is 1.78. The third-order valence-electron chi connectivity index (χ3n) is 3.01. The molecule has 3 N–H and O–H groups in total. The van der Waals surface area contributed by atoms with Crippen LogP contribution >= 0.6 is 0 Å². The maximum Gasteiger partial charge on any atom is 0.276 e. The van der Waals surface area contributed by atoms with Crippen LogP contribution < -0.4 is 10.6 Å². The largest absolute Gasteiger partial charge is 0.384 e. The second-order valence-corrected chi connectivity index (χ2v) is 4.44. The lowest BCUT2D eigenvalue weighted by atomic mass is 10.1. The minimum Gasteiger partial charge on any atom is -0.384 e. The van der Waals surface area contributed by atoms with Crippen LogP contribution in [0.2, 0.25) is 0 Å². The highest BCUT2D eigenvalue weighted by atomic mass is 16.1. The van der Waals surface area contributed by atoms with Gasteiger partial charge in [-0.25, -0.2) is 0 Å². The molecular weight excluding hydrogens is 228 g/mol. The summed E-state index contributed by atoms with van der Waals surface area (Å²) >= 11 is 0. The fourth-order valence-corrected chi connectivity index (χ4v) is 2.11. The molecule has 1 amide bonds. The minimum atomic E-state index is -0.190. The zero-order valence-corrected chi connectivity index (χ0v) is 10.1. The number of aromatic nitrogens is 2. The maximum absolute atomic E-state index is 11.9. The van der Waals surface area contributed by atoms with Gasteiger partial charge in [0, 0.05) is 23.6 Å². The number of aryl methyl sites for hydroxylation is 1. The smallest absolute Gasteiger partial charge is 0.276 e. The van der Waals surface area contributed by atoms with Crippen molar-refractivity contribution in [3.05, 3.63) is 41.2 Å². The lowest BCUT2D eigenvalue weighted by Crippen LogP contribution is -2.12. The van der Waals surface area contributed by atoms with Crippen LogP contribution in [0.5, 0.6) is 0 Å². The molecule has 2 heterocycles. The molecule has 5 heteroatoms. The SMILES string of the molecule is Cc1cc(C(=O)Nc2ccc3c(c2)CCN3)n[nH]1. The molecule has 0 radical (unpaired) electrons. The Bertz CT molecular complexity index is 603. The monoisotopic (exact) mass is 242 g/mol. The van der Waals surface area contributed by atoms with Gasteiger partial charge in [0.2, 0.25) is 0 Å². The number of rotatable bonds is 2. The number of aromatic amines is 1. The number of fused-ring (bicyclic) bond motifs is 1. The Kier molecular flexibility index (Phi) is 2.51. The van der Waals surface area contributed by atoms with Gasteiger partial charge in [-0.1, -0.05) is 0 Å². The number of H-pyrrole nitrogens is 1. The van der Waals surface area contributed by atoms with Crippen molar-refractivity contribution in [2.45, 2.75) is 13.3 Å². The number of amides is 1. The number of carbonyl (C=O) groups excluding carboxylic acids is 1. The van der Waals surface area contributed by atoms with Gasteiger partial charge in [0.15, 0.2) is 5.69 Å². The summed E-state index contributed by atoms with van der Waals surface area (Å²) in [7, 11) is 0. The van der Waals surface area contributed by atoms with E-state index in [-0.39, 0.29) is 5.91 Å². The average Bonchev–Trinajstić information content (AvgIpc) is 2.96. The number of benzene rings is 1. The van der Waals surface area contributed by atoms with Gasteiger partial charge >= 0.3 is 0 Å². The van der Waals surface area contributed by atoms with Gasteiger partial charge in [0.1, 0.15) is 0 Å². The van der Waals surface area contributed by atoms with Crippen LogP contribution in [0, 0.1) is 6.92 Å². The molecule has 0 bridgehead atoms. The van der Waals surface area contributed by atoms with Crippen molar-refractivity contribution in [3.8, 4) is 0 Å². The Morgan fingerprint density at radius 3 is 3.06 bits per heavy atom. The van der Waals surface area contributed by atoms with E-state index in [9.17, 15) is 4.79 Å². The van der Waals surface area contributed by atoms with Crippen LogP contribution in [0.15, 0.2) is 24.3 Å². The summed E-state index contributed by atoms with van der Waals surface area (Å²) in [6, 6.07) is 7.62. The molecule has 1 aromatic carbocycles. The van der Waals surface area contributed by atoms with Gasteiger partial charge in [-0.15, -0.1) is 0 Å². The molecule has 2 aromatic rings. The topological polar surface area (TPSA) is 69.8 Å². The lowest BCUT2D eigenvalue weighted by molar-refractivity contribution is 0.102. The first-order valence-electron chi connectivity index (χ1n) is 5.92. The summed E-state index contributed by atoms with van der Waals surface area (Å²) in [6.07, 6.45) is 1.00. The van der Waals surface area contributed by atoms with Gasteiger partial charge in [0.05, 0.1) is 0 Å². The molecule has 0 saturated heterocycles. The first kappa shape index (κ1) is 10.8. The summed E-state index contributed by atoms with van der Waals surface area (Å²) in [6.45, 7) is 2.83. The standard InChI is InChI=1S/C13H14N4O/c1-8-6-12(17-16-8)13(18)15-10-2-3-11-9(7-10)4-5-14-11/h2-3,6-7,14H,4-5H2,1H3,(H,15,18)(H,16,17). The molecule has 3 rings (SSSR count). The van der Waals surface area contributed by atoms with Crippen molar-refractivity contribution in [2.75, 3.05) is 17.2 Å². The highest BCUT2D eigenvalue weighted by Gasteiger charge is 2.13. The van der Waals surface area contributed by atoms with Gasteiger partial charge in [-0.05, 0) is 43.2 Å². The van der Waals surface area contributed by atoms with Crippen molar-refractivity contribution < 1.29 is 4.79 Å². The van der Waals surface area contributed by atoms with Crippen molar-refractivity contribution in [2.24, 2.45) is 0 Å². The number of nitrogens with zero attached hydrogens (tertiary/aromatic N) is 1. The first-order valence-corrected chi connectivity index (χ1v) is 5.92. The number of nitrogens with one attached hydrogen (secondary N) is 3. The summed E-state index contributed by atoms with van der Waals surface area (Å²) in [5.41, 5.74) is 4.49. The second kappa shape index (κ2) is 4.18. The normalized spacial score (nSPS) is 12.9. The third kappa shape index (κ3) is 1.95. The van der Waals surface area contributed by atoms with Gasteiger partial charge < -0.3 is 10.6 Å². The highest BCUT2D eigenvalue weighted by molar-refractivity contribution is 6.03. The van der Waals surface area contributed by atoms with Crippen LogP contribution in [0.4, 0.5) is 11.4 Å². The van der Waals surface area contributed by atoms with Crippen LogP contribution in [-0.2, 0) is 6.42 Å². The van der Waals surface area contributed by atoms with Crippen molar-refractivity contribution in [1.82, 2.24) is 10.2 Å². The predicted molar refractivity (Wildman–Crippen MR) is 69.9 cm³/mol. The Hall–Kier alpha value is -2.30. The summed E-state index contributed by atoms with van der Waals surface area (Å²) < 4.78 is 0. The summed E-state index contributed by atoms with van der Waals surface area (Å²) in [5.74, 6) is -0.190. The van der Waals surface area contributed by atoms with E-state index >= 15 is 0 Å². The van der Waals surface area contributed by atoms with Crippen molar-refractivity contribution in [3.63, 3.8) is 0 Å². The van der Waals surface area contributed by atoms with E-state index in [1.807, 2.05) is 25.1 Å². The van der Waals surface area contributed by atoms with E-state index in [0.717, 1.165) is 30.0 Å². The molecule has 1 aliphatic rings. The lowest BCUT2D eigenvalue weighted by Gasteiger charge is -2.05. The van der Waals surface area contributed by atoms with Crippen LogP contribution in [0.3, 0.4) is 0 Å². The zero-order valence-electron chi connectivity index (χ0n) is 10.1. The molecule has 0 atom stereocenters. The Morgan fingerprint density at radius 2 is 2.28 bits per heavy atom. The highest BCUT2D eigenvalue weighted by Crippen LogP contribution is 2.25. The molecule has 18 heavy (non-hydrogen) atoms. The van der Waals surface area contributed by atoms with Crippen LogP contribution in [-0.4, -0.2) is 22.6 Å².